The van der Waals surface area contributed by atoms with Gasteiger partial charge in [0.2, 0.25) is 0 Å². The van der Waals surface area contributed by atoms with Gasteiger partial charge in [0.1, 0.15) is 5.82 Å². The summed E-state index contributed by atoms with van der Waals surface area (Å²) in [6, 6.07) is 0.542. The summed E-state index contributed by atoms with van der Waals surface area (Å²) in [5.41, 5.74) is 0. The maximum absolute atomic E-state index is 4.46. The molecule has 1 saturated carbocycles. The molecule has 78 valence electrons. The van der Waals surface area contributed by atoms with Crippen molar-refractivity contribution in [1.29, 1.82) is 0 Å². The summed E-state index contributed by atoms with van der Waals surface area (Å²) in [5.74, 6) is 2.68. The Morgan fingerprint density at radius 2 is 2.29 bits per heavy atom. The normalized spacial score (nSPS) is 16.5. The summed E-state index contributed by atoms with van der Waals surface area (Å²) in [7, 11) is 0. The average Bonchev–Trinajstić information content (AvgIpc) is 2.87. The van der Waals surface area contributed by atoms with Gasteiger partial charge in [0.05, 0.1) is 0 Å². The molecule has 0 radical (unpaired) electrons. The SMILES string of the molecule is CC(C)NCCc1nc(C2CC2)n[nH]1. The Labute approximate surface area is 84.5 Å². The number of hydrogen-bond donors (Lipinski definition) is 2. The van der Waals surface area contributed by atoms with Crippen LogP contribution in [-0.4, -0.2) is 27.8 Å². The van der Waals surface area contributed by atoms with Gasteiger partial charge in [-0.2, -0.15) is 5.10 Å². The fourth-order valence-corrected chi connectivity index (χ4v) is 1.43. The van der Waals surface area contributed by atoms with Crippen molar-refractivity contribution in [2.45, 2.75) is 45.1 Å². The van der Waals surface area contributed by atoms with Crippen molar-refractivity contribution in [3.63, 3.8) is 0 Å². The Hall–Kier alpha value is -0.900. The predicted octanol–water partition coefficient (Wildman–Crippen LogP) is 1.22. The first-order chi connectivity index (χ1) is 6.75. The zero-order chi connectivity index (χ0) is 9.97. The summed E-state index contributed by atoms with van der Waals surface area (Å²) in [5, 5.41) is 10.6. The highest BCUT2D eigenvalue weighted by atomic mass is 15.2. The molecule has 1 aromatic heterocycles. The van der Waals surface area contributed by atoms with E-state index in [1.165, 1.54) is 12.8 Å². The number of aromatic amines is 1. The summed E-state index contributed by atoms with van der Waals surface area (Å²) < 4.78 is 0. The molecule has 4 heteroatoms. The Morgan fingerprint density at radius 1 is 1.50 bits per heavy atom. The number of hydrogen-bond acceptors (Lipinski definition) is 3. The second-order valence-electron chi connectivity index (χ2n) is 4.27. The van der Waals surface area contributed by atoms with Crippen LogP contribution in [0.1, 0.15) is 44.3 Å². The van der Waals surface area contributed by atoms with E-state index in [4.69, 9.17) is 0 Å². The van der Waals surface area contributed by atoms with Crippen molar-refractivity contribution < 1.29 is 0 Å². The van der Waals surface area contributed by atoms with Crippen molar-refractivity contribution in [2.75, 3.05) is 6.54 Å². The van der Waals surface area contributed by atoms with Crippen LogP contribution >= 0.6 is 0 Å². The summed E-state index contributed by atoms with van der Waals surface area (Å²) >= 11 is 0. The molecule has 0 unspecified atom stereocenters. The molecule has 2 N–H and O–H groups in total. The van der Waals surface area contributed by atoms with Crippen LogP contribution in [0.3, 0.4) is 0 Å². The van der Waals surface area contributed by atoms with Gasteiger partial charge in [0.15, 0.2) is 5.82 Å². The van der Waals surface area contributed by atoms with Gasteiger partial charge in [-0.15, -0.1) is 0 Å². The lowest BCUT2D eigenvalue weighted by Gasteiger charge is -2.05. The van der Waals surface area contributed by atoms with Crippen LogP contribution in [0.2, 0.25) is 0 Å². The van der Waals surface area contributed by atoms with E-state index in [9.17, 15) is 0 Å². The minimum atomic E-state index is 0.542. The monoisotopic (exact) mass is 194 g/mol. The molecular weight excluding hydrogens is 176 g/mol. The summed E-state index contributed by atoms with van der Waals surface area (Å²) in [4.78, 5) is 4.46. The van der Waals surface area contributed by atoms with Gasteiger partial charge in [-0.1, -0.05) is 13.8 Å². The number of rotatable bonds is 5. The van der Waals surface area contributed by atoms with E-state index in [0.29, 0.717) is 12.0 Å². The molecule has 0 aromatic carbocycles. The molecule has 4 nitrogen and oxygen atoms in total. The molecule has 1 fully saturated rings. The smallest absolute Gasteiger partial charge is 0.153 e. The molecule has 0 saturated heterocycles. The van der Waals surface area contributed by atoms with Crippen LogP contribution in [0.25, 0.3) is 0 Å². The maximum Gasteiger partial charge on any atom is 0.153 e. The molecule has 0 aliphatic heterocycles. The van der Waals surface area contributed by atoms with E-state index >= 15 is 0 Å². The van der Waals surface area contributed by atoms with Crippen LogP contribution in [0.5, 0.6) is 0 Å². The molecular formula is C10H18N4. The maximum atomic E-state index is 4.46. The van der Waals surface area contributed by atoms with E-state index in [1.807, 2.05) is 0 Å². The highest BCUT2D eigenvalue weighted by molar-refractivity contribution is 5.05. The van der Waals surface area contributed by atoms with Crippen molar-refractivity contribution in [3.8, 4) is 0 Å². The van der Waals surface area contributed by atoms with Crippen molar-refractivity contribution in [2.24, 2.45) is 0 Å². The fraction of sp³-hybridized carbons (Fsp3) is 0.800. The third kappa shape index (κ3) is 2.54. The molecule has 1 heterocycles. The van der Waals surface area contributed by atoms with Crippen molar-refractivity contribution >= 4 is 0 Å². The average molecular weight is 194 g/mol. The fourth-order valence-electron chi connectivity index (χ4n) is 1.43. The van der Waals surface area contributed by atoms with E-state index < -0.39 is 0 Å². The van der Waals surface area contributed by atoms with Crippen LogP contribution < -0.4 is 5.32 Å². The van der Waals surface area contributed by atoms with Gasteiger partial charge in [-0.05, 0) is 12.8 Å². The van der Waals surface area contributed by atoms with Gasteiger partial charge < -0.3 is 5.32 Å². The Bertz CT molecular complexity index is 288. The van der Waals surface area contributed by atoms with Crippen LogP contribution in [0.4, 0.5) is 0 Å². The third-order valence-electron chi connectivity index (χ3n) is 2.41. The summed E-state index contributed by atoms with van der Waals surface area (Å²) in [6.45, 7) is 5.27. The van der Waals surface area contributed by atoms with E-state index in [-0.39, 0.29) is 0 Å². The molecule has 2 rings (SSSR count). The predicted molar refractivity (Wildman–Crippen MR) is 55.2 cm³/mol. The minimum absolute atomic E-state index is 0.542. The lowest BCUT2D eigenvalue weighted by Crippen LogP contribution is -2.25. The van der Waals surface area contributed by atoms with Gasteiger partial charge in [0.25, 0.3) is 0 Å². The Kier molecular flexibility index (Phi) is 2.82. The van der Waals surface area contributed by atoms with E-state index in [2.05, 4.69) is 34.3 Å². The first-order valence-corrected chi connectivity index (χ1v) is 5.40. The van der Waals surface area contributed by atoms with E-state index in [1.54, 1.807) is 0 Å². The van der Waals surface area contributed by atoms with Gasteiger partial charge in [0, 0.05) is 24.9 Å². The quantitative estimate of drug-likeness (QED) is 0.741. The molecule has 1 aliphatic rings. The second-order valence-corrected chi connectivity index (χ2v) is 4.27. The van der Waals surface area contributed by atoms with Gasteiger partial charge >= 0.3 is 0 Å². The summed E-state index contributed by atoms with van der Waals surface area (Å²) in [6.07, 6.45) is 3.47. The minimum Gasteiger partial charge on any atom is -0.314 e. The zero-order valence-corrected chi connectivity index (χ0v) is 8.88. The second kappa shape index (κ2) is 4.09. The standard InChI is InChI=1S/C10H18N4/c1-7(2)11-6-5-9-12-10(14-13-9)8-3-4-8/h7-8,11H,3-6H2,1-2H3,(H,12,13,14). The molecule has 0 spiro atoms. The van der Waals surface area contributed by atoms with Crippen molar-refractivity contribution in [3.05, 3.63) is 11.6 Å². The molecule has 14 heavy (non-hydrogen) atoms. The zero-order valence-electron chi connectivity index (χ0n) is 8.88. The number of nitrogens with one attached hydrogen (secondary N) is 2. The van der Waals surface area contributed by atoms with Crippen LogP contribution in [-0.2, 0) is 6.42 Å². The van der Waals surface area contributed by atoms with Gasteiger partial charge in [-0.25, -0.2) is 4.98 Å². The van der Waals surface area contributed by atoms with Crippen molar-refractivity contribution in [1.82, 2.24) is 20.5 Å². The first kappa shape index (κ1) is 9.65. The highest BCUT2D eigenvalue weighted by Gasteiger charge is 2.27. The lowest BCUT2D eigenvalue weighted by molar-refractivity contribution is 0.583. The number of aromatic nitrogens is 3. The van der Waals surface area contributed by atoms with E-state index in [0.717, 1.165) is 24.6 Å². The number of H-pyrrole nitrogens is 1. The first-order valence-electron chi connectivity index (χ1n) is 5.40. The molecule has 1 aromatic rings. The van der Waals surface area contributed by atoms with Crippen LogP contribution in [0.15, 0.2) is 0 Å². The van der Waals surface area contributed by atoms with Crippen LogP contribution in [0, 0.1) is 0 Å². The largest absolute Gasteiger partial charge is 0.314 e. The number of nitrogens with zero attached hydrogens (tertiary/aromatic N) is 2. The van der Waals surface area contributed by atoms with Gasteiger partial charge in [-0.3, -0.25) is 5.10 Å². The third-order valence-corrected chi connectivity index (χ3v) is 2.41. The lowest BCUT2D eigenvalue weighted by atomic mass is 10.3. The molecule has 0 amide bonds. The molecule has 1 aliphatic carbocycles. The Morgan fingerprint density at radius 3 is 2.93 bits per heavy atom. The molecule has 0 atom stereocenters. The molecule has 0 bridgehead atoms. The highest BCUT2D eigenvalue weighted by Crippen LogP contribution is 2.37. The Balaban J connectivity index is 1.78. The topological polar surface area (TPSA) is 53.6 Å².